The molecule has 3 unspecified atom stereocenters. The lowest BCUT2D eigenvalue weighted by atomic mass is 9.66. The van der Waals surface area contributed by atoms with Crippen LogP contribution < -0.4 is 5.73 Å². The Labute approximate surface area is 87.9 Å². The van der Waals surface area contributed by atoms with Crippen molar-refractivity contribution in [2.24, 2.45) is 11.7 Å². The monoisotopic (exact) mass is 215 g/mol. The molecule has 1 aliphatic carbocycles. The molecule has 0 aliphatic heterocycles. The maximum absolute atomic E-state index is 5.94. The zero-order valence-electron chi connectivity index (χ0n) is 7.66. The van der Waals surface area contributed by atoms with Gasteiger partial charge in [-0.3, -0.25) is 0 Å². The number of rotatable bonds is 2. The number of halogens is 1. The van der Waals surface area contributed by atoms with Crippen LogP contribution in [0, 0.1) is 5.92 Å². The van der Waals surface area contributed by atoms with Gasteiger partial charge in [0.25, 0.3) is 0 Å². The van der Waals surface area contributed by atoms with E-state index in [2.05, 4.69) is 18.4 Å². The van der Waals surface area contributed by atoms with Crippen molar-refractivity contribution >= 4 is 22.9 Å². The highest BCUT2D eigenvalue weighted by atomic mass is 35.5. The van der Waals surface area contributed by atoms with Gasteiger partial charge < -0.3 is 5.73 Å². The lowest BCUT2D eigenvalue weighted by Gasteiger charge is -2.42. The molecule has 72 valence electrons. The van der Waals surface area contributed by atoms with E-state index in [1.807, 2.05) is 0 Å². The smallest absolute Gasteiger partial charge is 0.0931 e. The van der Waals surface area contributed by atoms with Crippen LogP contribution in [0.1, 0.15) is 31.2 Å². The first-order chi connectivity index (χ1) is 6.22. The summed E-state index contributed by atoms with van der Waals surface area (Å²) in [5.41, 5.74) is 7.33. The molecular weight excluding hydrogens is 202 g/mol. The Kier molecular flexibility index (Phi) is 2.63. The lowest BCUT2D eigenvalue weighted by Crippen LogP contribution is -2.45. The molecule has 1 aliphatic rings. The summed E-state index contributed by atoms with van der Waals surface area (Å²) in [7, 11) is 0. The molecule has 1 aromatic rings. The molecule has 0 aromatic carbocycles. The van der Waals surface area contributed by atoms with Crippen molar-refractivity contribution in [2.45, 2.75) is 31.7 Å². The maximum atomic E-state index is 5.94. The van der Waals surface area contributed by atoms with E-state index in [1.165, 1.54) is 12.0 Å². The topological polar surface area (TPSA) is 26.0 Å². The number of thiophene rings is 1. The van der Waals surface area contributed by atoms with Gasteiger partial charge in [-0.25, -0.2) is 0 Å². The first kappa shape index (κ1) is 9.50. The summed E-state index contributed by atoms with van der Waals surface area (Å²) in [6, 6.07) is 2.50. The molecule has 0 radical (unpaired) electrons. The molecule has 1 heterocycles. The largest absolute Gasteiger partial charge is 0.327 e. The highest BCUT2D eigenvalue weighted by molar-refractivity contribution is 7.14. The van der Waals surface area contributed by atoms with Crippen molar-refractivity contribution in [3.63, 3.8) is 0 Å². The fourth-order valence-electron chi connectivity index (χ4n) is 2.23. The Hall–Kier alpha value is -0.0500. The minimum Gasteiger partial charge on any atom is -0.327 e. The van der Waals surface area contributed by atoms with E-state index in [4.69, 9.17) is 17.3 Å². The second-order valence-corrected chi connectivity index (χ2v) is 5.30. The summed E-state index contributed by atoms with van der Waals surface area (Å²) < 4.78 is 0.894. The molecule has 13 heavy (non-hydrogen) atoms. The van der Waals surface area contributed by atoms with Gasteiger partial charge in [-0.2, -0.15) is 0 Å². The quantitative estimate of drug-likeness (QED) is 0.806. The lowest BCUT2D eigenvalue weighted by molar-refractivity contribution is 0.199. The second kappa shape index (κ2) is 3.60. The number of hydrogen-bond acceptors (Lipinski definition) is 2. The molecule has 1 aromatic heterocycles. The minimum atomic E-state index is 0.411. The van der Waals surface area contributed by atoms with Gasteiger partial charge in [0.1, 0.15) is 0 Å². The highest BCUT2D eigenvalue weighted by Gasteiger charge is 2.38. The van der Waals surface area contributed by atoms with Crippen molar-refractivity contribution in [1.82, 2.24) is 0 Å². The third-order valence-electron chi connectivity index (χ3n) is 3.08. The van der Waals surface area contributed by atoms with Crippen molar-refractivity contribution in [2.75, 3.05) is 0 Å². The van der Waals surface area contributed by atoms with Crippen LogP contribution in [0.2, 0.25) is 4.34 Å². The van der Waals surface area contributed by atoms with Crippen LogP contribution in [0.25, 0.3) is 0 Å². The van der Waals surface area contributed by atoms with Crippen molar-refractivity contribution in [3.8, 4) is 0 Å². The summed E-state index contributed by atoms with van der Waals surface area (Å²) in [6.45, 7) is 2.21. The molecule has 0 bridgehead atoms. The summed E-state index contributed by atoms with van der Waals surface area (Å²) in [5, 5.41) is 2.17. The van der Waals surface area contributed by atoms with Crippen molar-refractivity contribution < 1.29 is 0 Å². The molecule has 0 spiro atoms. The molecule has 1 saturated carbocycles. The van der Waals surface area contributed by atoms with Gasteiger partial charge >= 0.3 is 0 Å². The van der Waals surface area contributed by atoms with E-state index in [0.717, 1.165) is 10.8 Å². The first-order valence-corrected chi connectivity index (χ1v) is 5.97. The second-order valence-electron chi connectivity index (χ2n) is 3.76. The van der Waals surface area contributed by atoms with E-state index in [1.54, 1.807) is 11.3 Å². The fourth-order valence-corrected chi connectivity index (χ4v) is 3.19. The van der Waals surface area contributed by atoms with Crippen LogP contribution in [-0.4, -0.2) is 6.04 Å². The molecule has 3 heteroatoms. The van der Waals surface area contributed by atoms with Crippen LogP contribution >= 0.6 is 22.9 Å². The molecule has 2 N–H and O–H groups in total. The van der Waals surface area contributed by atoms with Crippen molar-refractivity contribution in [1.29, 1.82) is 0 Å². The first-order valence-electron chi connectivity index (χ1n) is 4.72. The van der Waals surface area contributed by atoms with E-state index in [0.29, 0.717) is 17.9 Å². The maximum Gasteiger partial charge on any atom is 0.0931 e. The van der Waals surface area contributed by atoms with Crippen LogP contribution in [0.15, 0.2) is 11.4 Å². The van der Waals surface area contributed by atoms with E-state index in [-0.39, 0.29) is 0 Å². The standard InChI is InChI=1S/C10H14ClNS/c1-2-7-8(4-9(7)12)6-3-10(11)13-5-6/h3,5,7-9H,2,4,12H2,1H3. The van der Waals surface area contributed by atoms with E-state index >= 15 is 0 Å². The minimum absolute atomic E-state index is 0.411. The molecule has 1 nitrogen and oxygen atoms in total. The normalized spacial score (nSPS) is 33.0. The molecular formula is C10H14ClNS. The Morgan fingerprint density at radius 2 is 2.46 bits per heavy atom. The summed E-state index contributed by atoms with van der Waals surface area (Å²) in [6.07, 6.45) is 2.31. The Morgan fingerprint density at radius 1 is 1.69 bits per heavy atom. The predicted molar refractivity (Wildman–Crippen MR) is 58.4 cm³/mol. The predicted octanol–water partition coefficient (Wildman–Crippen LogP) is 3.24. The zero-order chi connectivity index (χ0) is 9.42. The zero-order valence-corrected chi connectivity index (χ0v) is 9.24. The summed E-state index contributed by atoms with van der Waals surface area (Å²) >= 11 is 7.52. The van der Waals surface area contributed by atoms with Gasteiger partial charge in [0.2, 0.25) is 0 Å². The Morgan fingerprint density at radius 3 is 2.92 bits per heavy atom. The molecule has 1 fully saturated rings. The average molecular weight is 216 g/mol. The number of hydrogen-bond donors (Lipinski definition) is 1. The SMILES string of the molecule is CCC1C(N)CC1c1csc(Cl)c1. The van der Waals surface area contributed by atoms with Crippen LogP contribution in [0.4, 0.5) is 0 Å². The van der Waals surface area contributed by atoms with Crippen LogP contribution in [-0.2, 0) is 0 Å². The van der Waals surface area contributed by atoms with Crippen LogP contribution in [0.5, 0.6) is 0 Å². The Bertz CT molecular complexity index is 297. The summed E-state index contributed by atoms with van der Waals surface area (Å²) in [5.74, 6) is 1.34. The van der Waals surface area contributed by atoms with Gasteiger partial charge in [-0.05, 0) is 35.3 Å². The van der Waals surface area contributed by atoms with Gasteiger partial charge in [0.15, 0.2) is 0 Å². The summed E-state index contributed by atoms with van der Waals surface area (Å²) in [4.78, 5) is 0. The fraction of sp³-hybridized carbons (Fsp3) is 0.600. The van der Waals surface area contributed by atoms with Gasteiger partial charge in [0.05, 0.1) is 4.34 Å². The average Bonchev–Trinajstić information content (AvgIpc) is 2.48. The van der Waals surface area contributed by atoms with Crippen LogP contribution in [0.3, 0.4) is 0 Å². The van der Waals surface area contributed by atoms with Gasteiger partial charge in [-0.15, -0.1) is 11.3 Å². The van der Waals surface area contributed by atoms with Gasteiger partial charge in [0, 0.05) is 6.04 Å². The van der Waals surface area contributed by atoms with E-state index < -0.39 is 0 Å². The number of nitrogens with two attached hydrogens (primary N) is 1. The van der Waals surface area contributed by atoms with E-state index in [9.17, 15) is 0 Å². The molecule has 0 amide bonds. The molecule has 3 atom stereocenters. The molecule has 0 saturated heterocycles. The Balaban J connectivity index is 2.11. The highest BCUT2D eigenvalue weighted by Crippen LogP contribution is 2.45. The third kappa shape index (κ3) is 1.63. The molecule has 2 rings (SSSR count). The van der Waals surface area contributed by atoms with Crippen molar-refractivity contribution in [3.05, 3.63) is 21.3 Å². The van der Waals surface area contributed by atoms with Gasteiger partial charge in [-0.1, -0.05) is 24.9 Å². The third-order valence-corrected chi connectivity index (χ3v) is 4.19.